The molecule has 0 unspecified atom stereocenters. The van der Waals surface area contributed by atoms with Crippen LogP contribution in [0.25, 0.3) is 27.8 Å². The third kappa shape index (κ3) is 1.60. The molecular formula is C14H8N6S. The van der Waals surface area contributed by atoms with E-state index in [-0.39, 0.29) is 0 Å². The second-order valence-corrected chi connectivity index (χ2v) is 4.89. The van der Waals surface area contributed by atoms with Crippen molar-refractivity contribution in [1.82, 2.24) is 24.6 Å². The van der Waals surface area contributed by atoms with Crippen LogP contribution in [0.3, 0.4) is 0 Å². The van der Waals surface area contributed by atoms with Crippen LogP contribution in [0.5, 0.6) is 0 Å². The summed E-state index contributed by atoms with van der Waals surface area (Å²) in [7, 11) is 0. The van der Waals surface area contributed by atoms with Gasteiger partial charge in [0.1, 0.15) is 18.0 Å². The number of hydrogen-bond acceptors (Lipinski definition) is 4. The van der Waals surface area contributed by atoms with Gasteiger partial charge >= 0.3 is 0 Å². The van der Waals surface area contributed by atoms with Crippen molar-refractivity contribution in [1.29, 1.82) is 5.26 Å². The van der Waals surface area contributed by atoms with Gasteiger partial charge in [-0.3, -0.25) is 5.10 Å². The molecule has 3 aromatic heterocycles. The van der Waals surface area contributed by atoms with Crippen molar-refractivity contribution in [2.45, 2.75) is 0 Å². The van der Waals surface area contributed by atoms with Gasteiger partial charge in [-0.15, -0.1) is 0 Å². The van der Waals surface area contributed by atoms with Gasteiger partial charge < -0.3 is 4.98 Å². The van der Waals surface area contributed by atoms with E-state index in [9.17, 15) is 5.26 Å². The predicted octanol–water partition coefficient (Wildman–Crippen LogP) is 2.81. The van der Waals surface area contributed by atoms with E-state index in [2.05, 4.69) is 26.1 Å². The largest absolute Gasteiger partial charge is 0.360 e. The molecule has 0 saturated heterocycles. The van der Waals surface area contributed by atoms with Gasteiger partial charge in [0, 0.05) is 22.7 Å². The summed E-state index contributed by atoms with van der Waals surface area (Å²) in [6.07, 6.45) is 3.33. The number of para-hydroxylation sites is 1. The zero-order valence-electron chi connectivity index (χ0n) is 10.7. The summed E-state index contributed by atoms with van der Waals surface area (Å²) in [6.45, 7) is 0. The lowest BCUT2D eigenvalue weighted by Gasteiger charge is -2.03. The zero-order valence-corrected chi connectivity index (χ0v) is 11.5. The Bertz CT molecular complexity index is 1080. The van der Waals surface area contributed by atoms with Crippen LogP contribution >= 0.6 is 12.2 Å². The number of nitriles is 1. The van der Waals surface area contributed by atoms with Crippen LogP contribution in [0.2, 0.25) is 0 Å². The molecule has 0 bridgehead atoms. The number of nitrogens with one attached hydrogen (secondary N) is 2. The Morgan fingerprint density at radius 1 is 1.29 bits per heavy atom. The normalized spacial score (nSPS) is 11.0. The first-order valence-electron chi connectivity index (χ1n) is 6.22. The fourth-order valence-corrected chi connectivity index (χ4v) is 2.69. The quantitative estimate of drug-likeness (QED) is 0.528. The molecule has 0 amide bonds. The standard InChI is InChI=1S/C14H8N6S/c15-5-9-12(19-14(21)20-13(9)17-7-18-20)10-6-16-11-4-2-1-3-8(10)11/h1-4,6-7,16H,(H,17,18). The average Bonchev–Trinajstić information content (AvgIpc) is 3.14. The molecule has 0 aliphatic carbocycles. The number of aromatic nitrogens is 5. The van der Waals surface area contributed by atoms with Crippen molar-refractivity contribution in [2.75, 3.05) is 0 Å². The number of hydrogen-bond donors (Lipinski definition) is 2. The van der Waals surface area contributed by atoms with E-state index >= 15 is 0 Å². The second kappa shape index (κ2) is 4.26. The van der Waals surface area contributed by atoms with Crippen LogP contribution in [-0.2, 0) is 0 Å². The van der Waals surface area contributed by atoms with Crippen molar-refractivity contribution in [3.05, 3.63) is 47.1 Å². The van der Waals surface area contributed by atoms with Gasteiger partial charge in [0.15, 0.2) is 5.65 Å². The Morgan fingerprint density at radius 2 is 2.14 bits per heavy atom. The van der Waals surface area contributed by atoms with Crippen LogP contribution in [0.1, 0.15) is 5.56 Å². The molecule has 0 aliphatic rings. The zero-order chi connectivity index (χ0) is 14.4. The Morgan fingerprint density at radius 3 is 3.00 bits per heavy atom. The molecule has 0 aliphatic heterocycles. The van der Waals surface area contributed by atoms with Crippen molar-refractivity contribution >= 4 is 28.8 Å². The van der Waals surface area contributed by atoms with Crippen LogP contribution in [-0.4, -0.2) is 24.6 Å². The number of rotatable bonds is 1. The van der Waals surface area contributed by atoms with Gasteiger partial charge in [-0.05, 0) is 18.3 Å². The smallest absolute Gasteiger partial charge is 0.221 e. The molecule has 4 aromatic rings. The summed E-state index contributed by atoms with van der Waals surface area (Å²) in [5, 5.41) is 13.3. The van der Waals surface area contributed by atoms with Crippen molar-refractivity contribution < 1.29 is 0 Å². The van der Waals surface area contributed by atoms with E-state index in [0.29, 0.717) is 21.7 Å². The minimum absolute atomic E-state index is 0.335. The summed E-state index contributed by atoms with van der Waals surface area (Å²) in [4.78, 5) is 11.8. The van der Waals surface area contributed by atoms with Gasteiger partial charge in [0.2, 0.25) is 4.77 Å². The topological polar surface area (TPSA) is 85.6 Å². The maximum atomic E-state index is 9.50. The molecule has 0 atom stereocenters. The van der Waals surface area contributed by atoms with E-state index in [1.54, 1.807) is 0 Å². The number of nitrogens with zero attached hydrogens (tertiary/aromatic N) is 4. The molecule has 2 N–H and O–H groups in total. The summed E-state index contributed by atoms with van der Waals surface area (Å²) in [5.41, 5.74) is 3.26. The average molecular weight is 292 g/mol. The van der Waals surface area contributed by atoms with E-state index in [0.717, 1.165) is 16.5 Å². The number of benzene rings is 1. The first kappa shape index (κ1) is 11.8. The highest BCUT2D eigenvalue weighted by atomic mass is 32.1. The Hall–Kier alpha value is -2.98. The van der Waals surface area contributed by atoms with Gasteiger partial charge in [0.25, 0.3) is 0 Å². The van der Waals surface area contributed by atoms with E-state index in [4.69, 9.17) is 12.2 Å². The fraction of sp³-hybridized carbons (Fsp3) is 0. The first-order valence-corrected chi connectivity index (χ1v) is 6.63. The molecule has 0 fully saturated rings. The van der Waals surface area contributed by atoms with Crippen LogP contribution in [0.4, 0.5) is 0 Å². The number of H-pyrrole nitrogens is 2. The van der Waals surface area contributed by atoms with Crippen LogP contribution in [0, 0.1) is 16.1 Å². The minimum Gasteiger partial charge on any atom is -0.360 e. The lowest BCUT2D eigenvalue weighted by atomic mass is 10.1. The molecule has 1 aromatic carbocycles. The lowest BCUT2D eigenvalue weighted by molar-refractivity contribution is 0.901. The van der Waals surface area contributed by atoms with Crippen molar-refractivity contribution in [3.63, 3.8) is 0 Å². The third-order valence-corrected chi connectivity index (χ3v) is 3.67. The van der Waals surface area contributed by atoms with E-state index < -0.39 is 0 Å². The Balaban J connectivity index is 2.16. The highest BCUT2D eigenvalue weighted by Gasteiger charge is 2.17. The van der Waals surface area contributed by atoms with Crippen LogP contribution in [0.15, 0.2) is 36.8 Å². The molecule has 7 heteroatoms. The highest BCUT2D eigenvalue weighted by molar-refractivity contribution is 7.71. The Kier molecular flexibility index (Phi) is 2.40. The molecule has 100 valence electrons. The van der Waals surface area contributed by atoms with Crippen molar-refractivity contribution in [3.8, 4) is 17.3 Å². The molecule has 6 nitrogen and oxygen atoms in total. The van der Waals surface area contributed by atoms with E-state index in [1.165, 1.54) is 10.8 Å². The molecule has 0 radical (unpaired) electrons. The van der Waals surface area contributed by atoms with Gasteiger partial charge in [0.05, 0.1) is 5.69 Å². The van der Waals surface area contributed by atoms with Gasteiger partial charge in [-0.25, -0.2) is 14.5 Å². The summed E-state index contributed by atoms with van der Waals surface area (Å²) in [6, 6.07) is 10.0. The number of aromatic amines is 2. The number of fused-ring (bicyclic) bond motifs is 2. The SMILES string of the molecule is N#Cc1c(-c2c[nH]c3ccccc23)nc(=S)n2[nH]cnc12. The molecular weight excluding hydrogens is 284 g/mol. The summed E-state index contributed by atoms with van der Waals surface area (Å²) in [5.74, 6) is 0. The van der Waals surface area contributed by atoms with Crippen LogP contribution < -0.4 is 0 Å². The first-order chi connectivity index (χ1) is 10.3. The Labute approximate surface area is 123 Å². The van der Waals surface area contributed by atoms with E-state index in [1.807, 2.05) is 30.5 Å². The van der Waals surface area contributed by atoms with Gasteiger partial charge in [-0.2, -0.15) is 5.26 Å². The molecule has 0 spiro atoms. The highest BCUT2D eigenvalue weighted by Crippen LogP contribution is 2.30. The molecule has 4 rings (SSSR count). The predicted molar refractivity (Wildman–Crippen MR) is 80.2 cm³/mol. The summed E-state index contributed by atoms with van der Waals surface area (Å²) >= 11 is 5.26. The molecule has 21 heavy (non-hydrogen) atoms. The third-order valence-electron chi connectivity index (χ3n) is 3.40. The maximum absolute atomic E-state index is 9.50. The van der Waals surface area contributed by atoms with Gasteiger partial charge in [-0.1, -0.05) is 18.2 Å². The van der Waals surface area contributed by atoms with Crippen molar-refractivity contribution in [2.24, 2.45) is 0 Å². The maximum Gasteiger partial charge on any atom is 0.221 e. The molecule has 0 saturated carbocycles. The summed E-state index contributed by atoms with van der Waals surface area (Å²) < 4.78 is 1.86. The molecule has 3 heterocycles. The minimum atomic E-state index is 0.335. The lowest BCUT2D eigenvalue weighted by Crippen LogP contribution is -1.99. The monoisotopic (exact) mass is 292 g/mol. The second-order valence-electron chi connectivity index (χ2n) is 4.52. The fourth-order valence-electron chi connectivity index (χ4n) is 2.46.